The molecule has 0 amide bonds. The second kappa shape index (κ2) is 7.53. The first-order chi connectivity index (χ1) is 14.0. The first kappa shape index (κ1) is 22.0. The summed E-state index contributed by atoms with van der Waals surface area (Å²) < 4.78 is 0. The van der Waals surface area contributed by atoms with Crippen LogP contribution >= 0.6 is 0 Å². The summed E-state index contributed by atoms with van der Waals surface area (Å²) >= 11 is 0. The van der Waals surface area contributed by atoms with E-state index in [0.717, 1.165) is 11.1 Å². The summed E-state index contributed by atoms with van der Waals surface area (Å²) in [6.07, 6.45) is 5.49. The number of aldehydes is 1. The number of ketones is 2. The number of Topliss-reactive ketones (excluding diaryl/α,β-unsaturated/α-hetero) is 2. The molecule has 0 bridgehead atoms. The average molecular weight is 411 g/mol. The lowest BCUT2D eigenvalue weighted by Gasteiger charge is -2.48. The summed E-state index contributed by atoms with van der Waals surface area (Å²) in [5, 5.41) is 21.0. The van der Waals surface area contributed by atoms with Crippen LogP contribution in [0.3, 0.4) is 0 Å². The molecule has 0 fully saturated rings. The second-order valence-electron chi connectivity index (χ2n) is 9.33. The smallest absolute Gasteiger partial charge is 0.171 e. The summed E-state index contributed by atoms with van der Waals surface area (Å²) in [4.78, 5) is 39.5. The molecule has 5 nitrogen and oxygen atoms in total. The van der Waals surface area contributed by atoms with E-state index in [1.165, 1.54) is 0 Å². The molecular weight excluding hydrogens is 380 g/mol. The predicted octanol–water partition coefficient (Wildman–Crippen LogP) is 5.36. The van der Waals surface area contributed by atoms with E-state index in [2.05, 4.69) is 6.08 Å². The molecule has 0 saturated carbocycles. The Kier molecular flexibility index (Phi) is 5.52. The van der Waals surface area contributed by atoms with Gasteiger partial charge in [0.05, 0.1) is 5.56 Å². The van der Waals surface area contributed by atoms with Gasteiger partial charge in [0, 0.05) is 28.0 Å². The quantitative estimate of drug-likeness (QED) is 0.396. The minimum absolute atomic E-state index is 0.0367. The van der Waals surface area contributed by atoms with E-state index >= 15 is 0 Å². The molecule has 0 radical (unpaired) electrons. The highest BCUT2D eigenvalue weighted by molar-refractivity contribution is 6.22. The Balaban J connectivity index is 2.37. The SMILES string of the molecule is CC(C)=CCC1C(C)=CCC2C(=O)c3c(C=O)c(O)c(O)c(C(C)C)c3C(=O)C21C. The molecule has 0 spiro atoms. The van der Waals surface area contributed by atoms with E-state index < -0.39 is 22.8 Å². The summed E-state index contributed by atoms with van der Waals surface area (Å²) in [5.74, 6) is -2.75. The molecule has 30 heavy (non-hydrogen) atoms. The zero-order chi connectivity index (χ0) is 22.5. The first-order valence-corrected chi connectivity index (χ1v) is 10.4. The van der Waals surface area contributed by atoms with E-state index in [1.54, 1.807) is 13.8 Å². The van der Waals surface area contributed by atoms with E-state index in [0.29, 0.717) is 19.1 Å². The Morgan fingerprint density at radius 2 is 1.83 bits per heavy atom. The number of rotatable bonds is 4. The topological polar surface area (TPSA) is 91.7 Å². The minimum atomic E-state index is -0.984. The molecule has 160 valence electrons. The van der Waals surface area contributed by atoms with Gasteiger partial charge in [0.2, 0.25) is 0 Å². The minimum Gasteiger partial charge on any atom is -0.504 e. The van der Waals surface area contributed by atoms with Crippen LogP contribution in [0, 0.1) is 17.3 Å². The number of hydrogen-bond acceptors (Lipinski definition) is 5. The summed E-state index contributed by atoms with van der Waals surface area (Å²) in [5.41, 5.74) is 1.23. The fraction of sp³-hybridized carbons (Fsp3) is 0.480. The average Bonchev–Trinajstić information content (AvgIpc) is 2.66. The van der Waals surface area contributed by atoms with Crippen LogP contribution in [0.1, 0.15) is 96.9 Å². The van der Waals surface area contributed by atoms with Crippen molar-refractivity contribution < 1.29 is 24.6 Å². The van der Waals surface area contributed by atoms with Crippen molar-refractivity contribution in [2.45, 2.75) is 60.3 Å². The molecule has 3 atom stereocenters. The van der Waals surface area contributed by atoms with Crippen molar-refractivity contribution in [1.82, 2.24) is 0 Å². The molecule has 0 aliphatic heterocycles. The van der Waals surface area contributed by atoms with Crippen molar-refractivity contribution in [1.29, 1.82) is 0 Å². The van der Waals surface area contributed by atoms with Crippen LogP contribution in [0.5, 0.6) is 11.5 Å². The van der Waals surface area contributed by atoms with Gasteiger partial charge in [0.15, 0.2) is 29.4 Å². The summed E-state index contributed by atoms with van der Waals surface area (Å²) in [7, 11) is 0. The number of phenols is 2. The maximum absolute atomic E-state index is 14.1. The highest BCUT2D eigenvalue weighted by Gasteiger charge is 2.57. The molecule has 2 aliphatic carbocycles. The van der Waals surface area contributed by atoms with Crippen molar-refractivity contribution in [3.8, 4) is 11.5 Å². The number of hydrogen-bond donors (Lipinski definition) is 2. The molecular formula is C25H30O5. The Labute approximate surface area is 177 Å². The predicted molar refractivity (Wildman–Crippen MR) is 115 cm³/mol. The lowest BCUT2D eigenvalue weighted by atomic mass is 9.52. The van der Waals surface area contributed by atoms with Gasteiger partial charge in [-0.15, -0.1) is 0 Å². The van der Waals surface area contributed by atoms with Crippen LogP contribution in [0.2, 0.25) is 0 Å². The Morgan fingerprint density at radius 1 is 1.20 bits per heavy atom. The Morgan fingerprint density at radius 3 is 2.37 bits per heavy atom. The van der Waals surface area contributed by atoms with Crippen molar-refractivity contribution in [3.05, 3.63) is 45.6 Å². The Bertz CT molecular complexity index is 1010. The molecule has 3 unspecified atom stereocenters. The van der Waals surface area contributed by atoms with Crippen LogP contribution in [-0.2, 0) is 0 Å². The normalized spacial score (nSPS) is 25.5. The number of carbonyl (C=O) groups is 3. The number of benzene rings is 1. The van der Waals surface area contributed by atoms with E-state index in [-0.39, 0.29) is 45.7 Å². The maximum atomic E-state index is 14.1. The summed E-state index contributed by atoms with van der Waals surface area (Å²) in [6, 6.07) is 0. The molecule has 5 heteroatoms. The largest absolute Gasteiger partial charge is 0.504 e. The van der Waals surface area contributed by atoms with Crippen LogP contribution in [0.25, 0.3) is 0 Å². The number of aromatic hydroxyl groups is 2. The monoisotopic (exact) mass is 410 g/mol. The van der Waals surface area contributed by atoms with Gasteiger partial charge in [-0.3, -0.25) is 14.4 Å². The molecule has 1 aromatic carbocycles. The first-order valence-electron chi connectivity index (χ1n) is 10.4. The standard InChI is InChI=1S/C25H30O5/c1-12(2)7-9-16-14(5)8-10-17-22(28)19-15(11-26)21(27)23(29)18(13(3)4)20(19)24(30)25(16,17)6/h7-8,11,13,16-17,27,29H,9-10H2,1-6H3. The van der Waals surface area contributed by atoms with Gasteiger partial charge in [-0.2, -0.15) is 0 Å². The van der Waals surface area contributed by atoms with Crippen molar-refractivity contribution in [2.24, 2.45) is 17.3 Å². The second-order valence-corrected chi connectivity index (χ2v) is 9.33. The maximum Gasteiger partial charge on any atom is 0.171 e. The lowest BCUT2D eigenvalue weighted by Crippen LogP contribution is -2.52. The number of phenolic OH excluding ortho intramolecular Hbond substituents is 2. The Hall–Kier alpha value is -2.69. The molecule has 3 rings (SSSR count). The lowest BCUT2D eigenvalue weighted by molar-refractivity contribution is 0.0439. The van der Waals surface area contributed by atoms with Crippen molar-refractivity contribution >= 4 is 17.9 Å². The van der Waals surface area contributed by atoms with E-state index in [4.69, 9.17) is 0 Å². The fourth-order valence-corrected chi connectivity index (χ4v) is 5.26. The van der Waals surface area contributed by atoms with Crippen LogP contribution in [-0.4, -0.2) is 28.1 Å². The van der Waals surface area contributed by atoms with Gasteiger partial charge >= 0.3 is 0 Å². The van der Waals surface area contributed by atoms with Crippen molar-refractivity contribution in [2.75, 3.05) is 0 Å². The van der Waals surface area contributed by atoms with E-state index in [9.17, 15) is 24.6 Å². The van der Waals surface area contributed by atoms with E-state index in [1.807, 2.05) is 33.8 Å². The molecule has 2 N–H and O–H groups in total. The van der Waals surface area contributed by atoms with Gasteiger partial charge in [0.1, 0.15) is 0 Å². The van der Waals surface area contributed by atoms with Crippen molar-refractivity contribution in [3.63, 3.8) is 0 Å². The summed E-state index contributed by atoms with van der Waals surface area (Å²) in [6.45, 7) is 11.4. The third-order valence-corrected chi connectivity index (χ3v) is 6.93. The van der Waals surface area contributed by atoms with Crippen LogP contribution in [0.4, 0.5) is 0 Å². The third kappa shape index (κ3) is 2.94. The number of allylic oxidation sites excluding steroid dienone is 4. The van der Waals surface area contributed by atoms with Crippen LogP contribution < -0.4 is 0 Å². The number of carbonyl (C=O) groups excluding carboxylic acids is 3. The zero-order valence-electron chi connectivity index (χ0n) is 18.5. The van der Waals surface area contributed by atoms with Gasteiger partial charge in [-0.1, -0.05) is 44.1 Å². The van der Waals surface area contributed by atoms with Gasteiger partial charge < -0.3 is 10.2 Å². The molecule has 2 aliphatic rings. The molecule has 1 aromatic rings. The zero-order valence-corrected chi connectivity index (χ0v) is 18.5. The van der Waals surface area contributed by atoms with Gasteiger partial charge in [-0.25, -0.2) is 0 Å². The van der Waals surface area contributed by atoms with Gasteiger partial charge in [0.25, 0.3) is 0 Å². The number of fused-ring (bicyclic) bond motifs is 2. The molecule has 0 aromatic heterocycles. The molecule has 0 heterocycles. The van der Waals surface area contributed by atoms with Gasteiger partial charge in [-0.05, 0) is 45.4 Å². The van der Waals surface area contributed by atoms with Crippen LogP contribution in [0.15, 0.2) is 23.3 Å². The fourth-order valence-electron chi connectivity index (χ4n) is 5.26. The molecule has 0 saturated heterocycles. The third-order valence-electron chi connectivity index (χ3n) is 6.93. The highest BCUT2D eigenvalue weighted by Crippen LogP contribution is 2.56. The highest BCUT2D eigenvalue weighted by atomic mass is 16.3.